The van der Waals surface area contributed by atoms with Crippen LogP contribution in [0.4, 0.5) is 32.1 Å². The summed E-state index contributed by atoms with van der Waals surface area (Å²) in [5.41, 5.74) is 0.400. The number of aliphatic hydroxyl groups is 1. The summed E-state index contributed by atoms with van der Waals surface area (Å²) in [7, 11) is 0. The Morgan fingerprint density at radius 1 is 1.25 bits per heavy atom. The fraction of sp³-hybridized carbons (Fsp3) is 0.280. The van der Waals surface area contributed by atoms with E-state index in [4.69, 9.17) is 0 Å². The molecule has 0 radical (unpaired) electrons. The van der Waals surface area contributed by atoms with Gasteiger partial charge in [0.1, 0.15) is 22.8 Å². The predicted octanol–water partition coefficient (Wildman–Crippen LogP) is 3.70. The first-order valence-electron chi connectivity index (χ1n) is 11.3. The standard InChI is InChI=1S/C25H27F2N7O2/c1-4-10-29-22(35)17-13-30-23(31-16-8-9-18-15(11-16)12-28-14-25(18,26)27)34-21(17)33-20-7-5-6-19(32-20)24(2,3)36/h4-9,11,13,28,36H,1,10,12,14H2,2-3H3,(H,29,35)(H2,30,31,32,33,34). The van der Waals surface area contributed by atoms with Crippen LogP contribution in [0.15, 0.2) is 55.3 Å². The Bertz CT molecular complexity index is 1290. The molecule has 36 heavy (non-hydrogen) atoms. The van der Waals surface area contributed by atoms with Crippen molar-refractivity contribution in [3.05, 3.63) is 77.6 Å². The van der Waals surface area contributed by atoms with E-state index < -0.39 is 24.0 Å². The molecule has 3 aromatic rings. The minimum atomic E-state index is -2.94. The lowest BCUT2D eigenvalue weighted by Crippen LogP contribution is -2.36. The van der Waals surface area contributed by atoms with Gasteiger partial charge in [-0.25, -0.2) is 9.97 Å². The Hall–Kier alpha value is -3.96. The molecule has 0 aliphatic carbocycles. The second-order valence-corrected chi connectivity index (χ2v) is 8.85. The number of hydrogen-bond acceptors (Lipinski definition) is 8. The number of hydrogen-bond donors (Lipinski definition) is 5. The van der Waals surface area contributed by atoms with Crippen molar-refractivity contribution in [2.24, 2.45) is 0 Å². The lowest BCUT2D eigenvalue weighted by molar-refractivity contribution is -0.0107. The van der Waals surface area contributed by atoms with Crippen LogP contribution < -0.4 is 21.3 Å². The summed E-state index contributed by atoms with van der Waals surface area (Å²) < 4.78 is 28.3. The van der Waals surface area contributed by atoms with E-state index in [1.165, 1.54) is 18.3 Å². The fourth-order valence-corrected chi connectivity index (χ4v) is 3.68. The smallest absolute Gasteiger partial charge is 0.285 e. The molecule has 1 aliphatic heterocycles. The Balaban J connectivity index is 1.65. The van der Waals surface area contributed by atoms with E-state index in [0.717, 1.165) is 0 Å². The first kappa shape index (κ1) is 25.1. The number of aromatic nitrogens is 3. The number of alkyl halides is 2. The Labute approximate surface area is 207 Å². The largest absolute Gasteiger partial charge is 0.384 e. The zero-order chi connectivity index (χ0) is 25.9. The normalized spacial score (nSPS) is 14.5. The maximum atomic E-state index is 14.1. The third kappa shape index (κ3) is 5.64. The number of pyridine rings is 1. The van der Waals surface area contributed by atoms with Gasteiger partial charge in [-0.1, -0.05) is 18.2 Å². The molecule has 4 rings (SSSR count). The number of nitrogens with zero attached hydrogens (tertiary/aromatic N) is 3. The second kappa shape index (κ2) is 9.96. The third-order valence-corrected chi connectivity index (χ3v) is 5.48. The van der Waals surface area contributed by atoms with Crippen LogP contribution in [-0.4, -0.2) is 39.1 Å². The van der Waals surface area contributed by atoms with Crippen molar-refractivity contribution in [3.8, 4) is 0 Å². The van der Waals surface area contributed by atoms with E-state index in [9.17, 15) is 18.7 Å². The highest BCUT2D eigenvalue weighted by Crippen LogP contribution is 2.35. The molecule has 0 unspecified atom stereocenters. The molecular formula is C25H27F2N7O2. The molecule has 1 amide bonds. The molecule has 0 atom stereocenters. The minimum absolute atomic E-state index is 0.0120. The lowest BCUT2D eigenvalue weighted by atomic mass is 9.97. The van der Waals surface area contributed by atoms with Gasteiger partial charge < -0.3 is 26.4 Å². The van der Waals surface area contributed by atoms with Crippen molar-refractivity contribution in [1.29, 1.82) is 0 Å². The zero-order valence-electron chi connectivity index (χ0n) is 19.9. The predicted molar refractivity (Wildman–Crippen MR) is 133 cm³/mol. The molecule has 2 aromatic heterocycles. The molecule has 3 heterocycles. The van der Waals surface area contributed by atoms with E-state index in [1.54, 1.807) is 44.2 Å². The lowest BCUT2D eigenvalue weighted by Gasteiger charge is -2.26. The number of benzene rings is 1. The highest BCUT2D eigenvalue weighted by atomic mass is 19.3. The molecule has 11 heteroatoms. The van der Waals surface area contributed by atoms with Crippen molar-refractivity contribution >= 4 is 29.2 Å². The maximum absolute atomic E-state index is 14.1. The van der Waals surface area contributed by atoms with Gasteiger partial charge in [-0.15, -0.1) is 6.58 Å². The van der Waals surface area contributed by atoms with Gasteiger partial charge in [0, 0.05) is 30.5 Å². The monoisotopic (exact) mass is 495 g/mol. The van der Waals surface area contributed by atoms with Crippen LogP contribution >= 0.6 is 0 Å². The SMILES string of the molecule is C=CCNC(=O)c1cnc(Nc2ccc3c(c2)CNCC3(F)F)nc1Nc1cccc(C(C)(C)O)n1. The van der Waals surface area contributed by atoms with Crippen LogP contribution in [0.5, 0.6) is 0 Å². The summed E-state index contributed by atoms with van der Waals surface area (Å²) in [5.74, 6) is -2.69. The third-order valence-electron chi connectivity index (χ3n) is 5.48. The summed E-state index contributed by atoms with van der Waals surface area (Å²) in [5, 5.41) is 21.7. The molecule has 1 aliphatic rings. The number of halogens is 2. The van der Waals surface area contributed by atoms with E-state index in [2.05, 4.69) is 42.8 Å². The summed E-state index contributed by atoms with van der Waals surface area (Å²) in [6, 6.07) is 9.62. The molecule has 0 fully saturated rings. The molecule has 0 bridgehead atoms. The topological polar surface area (TPSA) is 124 Å². The quantitative estimate of drug-likeness (QED) is 0.300. The van der Waals surface area contributed by atoms with Crippen molar-refractivity contribution in [2.45, 2.75) is 31.9 Å². The molecule has 1 aromatic carbocycles. The molecule has 0 saturated heterocycles. The number of carbonyl (C=O) groups is 1. The molecule has 5 N–H and O–H groups in total. The van der Waals surface area contributed by atoms with Crippen molar-refractivity contribution in [1.82, 2.24) is 25.6 Å². The number of nitrogens with one attached hydrogen (secondary N) is 4. The Morgan fingerprint density at radius 2 is 2.06 bits per heavy atom. The Morgan fingerprint density at radius 3 is 2.81 bits per heavy atom. The van der Waals surface area contributed by atoms with Crippen LogP contribution in [0, 0.1) is 0 Å². The van der Waals surface area contributed by atoms with Crippen LogP contribution in [-0.2, 0) is 18.1 Å². The van der Waals surface area contributed by atoms with Crippen LogP contribution in [0.3, 0.4) is 0 Å². The van der Waals surface area contributed by atoms with Gasteiger partial charge in [-0.2, -0.15) is 13.8 Å². The number of rotatable bonds is 8. The van der Waals surface area contributed by atoms with Crippen molar-refractivity contribution in [2.75, 3.05) is 23.7 Å². The first-order valence-corrected chi connectivity index (χ1v) is 11.3. The van der Waals surface area contributed by atoms with Crippen molar-refractivity contribution in [3.63, 3.8) is 0 Å². The number of anilines is 4. The fourth-order valence-electron chi connectivity index (χ4n) is 3.68. The summed E-state index contributed by atoms with van der Waals surface area (Å²) in [6.07, 6.45) is 2.90. The highest BCUT2D eigenvalue weighted by Gasteiger charge is 2.36. The van der Waals surface area contributed by atoms with Gasteiger partial charge in [0.05, 0.1) is 12.2 Å². The first-order chi connectivity index (χ1) is 17.1. The van der Waals surface area contributed by atoms with E-state index in [-0.39, 0.29) is 29.4 Å². The Kier molecular flexibility index (Phi) is 6.95. The zero-order valence-corrected chi connectivity index (χ0v) is 19.9. The molecule has 0 spiro atoms. The van der Waals surface area contributed by atoms with Crippen LogP contribution in [0.25, 0.3) is 0 Å². The van der Waals surface area contributed by atoms with Gasteiger partial charge in [0.2, 0.25) is 5.95 Å². The summed E-state index contributed by atoms with van der Waals surface area (Å²) in [6.45, 7) is 6.99. The molecule has 9 nitrogen and oxygen atoms in total. The van der Waals surface area contributed by atoms with Crippen molar-refractivity contribution < 1.29 is 18.7 Å². The van der Waals surface area contributed by atoms with Crippen LogP contribution in [0.2, 0.25) is 0 Å². The average molecular weight is 496 g/mol. The van der Waals surface area contributed by atoms with Gasteiger partial charge in [0.25, 0.3) is 11.8 Å². The van der Waals surface area contributed by atoms with Gasteiger partial charge in [-0.05, 0) is 43.7 Å². The number of fused-ring (bicyclic) bond motifs is 1. The van der Waals surface area contributed by atoms with Gasteiger partial charge in [0.15, 0.2) is 0 Å². The maximum Gasteiger partial charge on any atom is 0.285 e. The highest BCUT2D eigenvalue weighted by molar-refractivity contribution is 5.99. The van der Waals surface area contributed by atoms with Crippen LogP contribution in [0.1, 0.15) is 41.0 Å². The minimum Gasteiger partial charge on any atom is -0.384 e. The van der Waals surface area contributed by atoms with E-state index in [1.807, 2.05) is 0 Å². The van der Waals surface area contributed by atoms with Gasteiger partial charge >= 0.3 is 0 Å². The average Bonchev–Trinajstić information content (AvgIpc) is 2.82. The number of carbonyl (C=O) groups excluding carboxylic acids is 1. The summed E-state index contributed by atoms with van der Waals surface area (Å²) >= 11 is 0. The van der Waals surface area contributed by atoms with E-state index >= 15 is 0 Å². The number of amides is 1. The molecule has 0 saturated carbocycles. The van der Waals surface area contributed by atoms with Gasteiger partial charge in [-0.3, -0.25) is 4.79 Å². The second-order valence-electron chi connectivity index (χ2n) is 8.85. The molecular weight excluding hydrogens is 468 g/mol. The summed E-state index contributed by atoms with van der Waals surface area (Å²) in [4.78, 5) is 25.8. The van der Waals surface area contributed by atoms with E-state index in [0.29, 0.717) is 29.3 Å². The molecule has 188 valence electrons.